The van der Waals surface area contributed by atoms with Crippen molar-refractivity contribution < 1.29 is 0 Å². The van der Waals surface area contributed by atoms with Gasteiger partial charge in [0.25, 0.3) is 0 Å². The molecule has 2 aromatic rings. The van der Waals surface area contributed by atoms with Crippen molar-refractivity contribution in [3.8, 4) is 0 Å². The van der Waals surface area contributed by atoms with E-state index in [0.717, 1.165) is 26.1 Å². The summed E-state index contributed by atoms with van der Waals surface area (Å²) < 4.78 is 0. The molecule has 0 bridgehead atoms. The second kappa shape index (κ2) is 8.32. The third kappa shape index (κ3) is 5.57. The van der Waals surface area contributed by atoms with E-state index in [9.17, 15) is 0 Å². The molecule has 0 saturated heterocycles. The third-order valence-corrected chi connectivity index (χ3v) is 3.01. The van der Waals surface area contributed by atoms with E-state index in [1.54, 1.807) is 0 Å². The molecule has 0 radical (unpaired) electrons. The highest BCUT2D eigenvalue weighted by Crippen LogP contribution is 2.03. The number of anilines is 1. The predicted molar refractivity (Wildman–Crippen MR) is 79.3 cm³/mol. The van der Waals surface area contributed by atoms with Crippen LogP contribution in [0, 0.1) is 0 Å². The summed E-state index contributed by atoms with van der Waals surface area (Å²) in [5, 5.41) is 13.8. The first-order valence-corrected chi connectivity index (χ1v) is 6.93. The van der Waals surface area contributed by atoms with Crippen molar-refractivity contribution in [2.24, 2.45) is 0 Å². The molecule has 19 heavy (non-hydrogen) atoms. The molecule has 0 unspecified atom stereocenters. The van der Waals surface area contributed by atoms with Crippen LogP contribution in [0.25, 0.3) is 0 Å². The molecular formula is C15H22N4. The van der Waals surface area contributed by atoms with E-state index in [4.69, 9.17) is 0 Å². The highest BCUT2D eigenvalue weighted by molar-refractivity contribution is 5.42. The zero-order valence-corrected chi connectivity index (χ0v) is 11.2. The number of aromatic amines is 1. The van der Waals surface area contributed by atoms with Crippen molar-refractivity contribution >= 4 is 5.69 Å². The first-order valence-electron chi connectivity index (χ1n) is 6.93. The smallest absolute Gasteiger partial charge is 0.0490 e. The van der Waals surface area contributed by atoms with Gasteiger partial charge in [-0.25, -0.2) is 0 Å². The average molecular weight is 258 g/mol. The van der Waals surface area contributed by atoms with Gasteiger partial charge in [-0.2, -0.15) is 5.10 Å². The lowest BCUT2D eigenvalue weighted by atomic mass is 10.2. The Kier molecular flexibility index (Phi) is 5.96. The van der Waals surface area contributed by atoms with Gasteiger partial charge < -0.3 is 10.6 Å². The van der Waals surface area contributed by atoms with Crippen LogP contribution in [0.5, 0.6) is 0 Å². The predicted octanol–water partition coefficient (Wildman–Crippen LogP) is 2.43. The van der Waals surface area contributed by atoms with Crippen LogP contribution >= 0.6 is 0 Å². The lowest BCUT2D eigenvalue weighted by Crippen LogP contribution is -2.23. The van der Waals surface area contributed by atoms with Crippen molar-refractivity contribution in [2.75, 3.05) is 25.0 Å². The van der Waals surface area contributed by atoms with E-state index in [0.29, 0.717) is 0 Å². The van der Waals surface area contributed by atoms with Crippen molar-refractivity contribution in [2.45, 2.75) is 19.3 Å². The van der Waals surface area contributed by atoms with Gasteiger partial charge in [-0.1, -0.05) is 18.2 Å². The number of unbranched alkanes of at least 4 members (excludes halogenated alkanes) is 1. The SMILES string of the molecule is c1ccc(NCCNCCCCc2ccn[nH]2)cc1. The minimum atomic E-state index is 0.963. The number of H-pyrrole nitrogens is 1. The summed E-state index contributed by atoms with van der Waals surface area (Å²) in [4.78, 5) is 0. The second-order valence-corrected chi connectivity index (χ2v) is 4.58. The molecular weight excluding hydrogens is 236 g/mol. The Bertz CT molecular complexity index is 425. The Labute approximate surface area is 114 Å². The second-order valence-electron chi connectivity index (χ2n) is 4.58. The molecule has 0 spiro atoms. The zero-order chi connectivity index (χ0) is 13.2. The number of aromatic nitrogens is 2. The van der Waals surface area contributed by atoms with Crippen LogP contribution in [0.1, 0.15) is 18.5 Å². The number of hydrogen-bond acceptors (Lipinski definition) is 3. The molecule has 3 N–H and O–H groups in total. The summed E-state index contributed by atoms with van der Waals surface area (Å²) in [6, 6.07) is 12.3. The number of nitrogens with zero attached hydrogens (tertiary/aromatic N) is 1. The highest BCUT2D eigenvalue weighted by atomic mass is 15.1. The van der Waals surface area contributed by atoms with Crippen LogP contribution in [-0.4, -0.2) is 29.8 Å². The molecule has 1 aromatic carbocycles. The molecule has 0 amide bonds. The number of hydrogen-bond donors (Lipinski definition) is 3. The van der Waals surface area contributed by atoms with E-state index in [1.165, 1.54) is 24.2 Å². The van der Waals surface area contributed by atoms with Gasteiger partial charge in [0.15, 0.2) is 0 Å². The molecule has 0 aliphatic heterocycles. The fourth-order valence-corrected chi connectivity index (χ4v) is 1.97. The fraction of sp³-hybridized carbons (Fsp3) is 0.400. The third-order valence-electron chi connectivity index (χ3n) is 3.01. The van der Waals surface area contributed by atoms with Gasteiger partial charge in [0.2, 0.25) is 0 Å². The first kappa shape index (κ1) is 13.6. The van der Waals surface area contributed by atoms with Gasteiger partial charge in [0, 0.05) is 30.7 Å². The Morgan fingerprint density at radius 3 is 2.63 bits per heavy atom. The van der Waals surface area contributed by atoms with Crippen LogP contribution in [0.4, 0.5) is 5.69 Å². The van der Waals surface area contributed by atoms with Crippen LogP contribution in [-0.2, 0) is 6.42 Å². The molecule has 0 fully saturated rings. The maximum Gasteiger partial charge on any atom is 0.0490 e. The minimum absolute atomic E-state index is 0.963. The highest BCUT2D eigenvalue weighted by Gasteiger charge is 1.94. The molecule has 0 atom stereocenters. The monoisotopic (exact) mass is 258 g/mol. The van der Waals surface area contributed by atoms with Gasteiger partial charge >= 0.3 is 0 Å². The van der Waals surface area contributed by atoms with E-state index < -0.39 is 0 Å². The average Bonchev–Trinajstić information content (AvgIpc) is 2.96. The standard InChI is InChI=1S/C15H22N4/c1-2-6-14(7-3-1)17-13-12-16-10-5-4-8-15-9-11-18-19-15/h1-3,6-7,9,11,16-17H,4-5,8,10,12-13H2,(H,18,19). The molecule has 102 valence electrons. The molecule has 4 heteroatoms. The summed E-state index contributed by atoms with van der Waals surface area (Å²) in [5.74, 6) is 0. The molecule has 1 aromatic heterocycles. The molecule has 0 aliphatic rings. The Balaban J connectivity index is 1.42. The van der Waals surface area contributed by atoms with Crippen LogP contribution in [0.2, 0.25) is 0 Å². The summed E-state index contributed by atoms with van der Waals surface area (Å²) in [6.45, 7) is 3.04. The minimum Gasteiger partial charge on any atom is -0.384 e. The maximum atomic E-state index is 3.94. The van der Waals surface area contributed by atoms with Gasteiger partial charge in [-0.3, -0.25) is 5.10 Å². The number of benzene rings is 1. The number of aryl methyl sites for hydroxylation is 1. The van der Waals surface area contributed by atoms with E-state index in [2.05, 4.69) is 33.0 Å². The summed E-state index contributed by atoms with van der Waals surface area (Å²) >= 11 is 0. The maximum absolute atomic E-state index is 3.94. The van der Waals surface area contributed by atoms with E-state index >= 15 is 0 Å². The van der Waals surface area contributed by atoms with E-state index in [1.807, 2.05) is 30.5 Å². The van der Waals surface area contributed by atoms with Crippen molar-refractivity contribution in [1.82, 2.24) is 15.5 Å². The summed E-state index contributed by atoms with van der Waals surface area (Å²) in [7, 11) is 0. The largest absolute Gasteiger partial charge is 0.384 e. The molecule has 2 rings (SSSR count). The van der Waals surface area contributed by atoms with Crippen LogP contribution in [0.15, 0.2) is 42.6 Å². The van der Waals surface area contributed by atoms with Gasteiger partial charge in [-0.05, 0) is 44.0 Å². The Morgan fingerprint density at radius 2 is 1.84 bits per heavy atom. The quantitative estimate of drug-likeness (QED) is 0.606. The van der Waals surface area contributed by atoms with Crippen molar-refractivity contribution in [3.05, 3.63) is 48.3 Å². The number of para-hydroxylation sites is 1. The summed E-state index contributed by atoms with van der Waals surface area (Å²) in [5.41, 5.74) is 2.41. The lowest BCUT2D eigenvalue weighted by molar-refractivity contribution is 0.628. The fourth-order valence-electron chi connectivity index (χ4n) is 1.97. The number of rotatable bonds is 9. The van der Waals surface area contributed by atoms with Crippen molar-refractivity contribution in [1.29, 1.82) is 0 Å². The Morgan fingerprint density at radius 1 is 0.947 bits per heavy atom. The number of nitrogens with one attached hydrogen (secondary N) is 3. The zero-order valence-electron chi connectivity index (χ0n) is 11.2. The first-order chi connectivity index (χ1) is 9.45. The Hall–Kier alpha value is -1.81. The van der Waals surface area contributed by atoms with Crippen molar-refractivity contribution in [3.63, 3.8) is 0 Å². The van der Waals surface area contributed by atoms with E-state index in [-0.39, 0.29) is 0 Å². The van der Waals surface area contributed by atoms with Gasteiger partial charge in [-0.15, -0.1) is 0 Å². The molecule has 0 saturated carbocycles. The van der Waals surface area contributed by atoms with Gasteiger partial charge in [0.05, 0.1) is 0 Å². The normalized spacial score (nSPS) is 10.5. The topological polar surface area (TPSA) is 52.7 Å². The molecule has 4 nitrogen and oxygen atoms in total. The molecule has 0 aliphatic carbocycles. The van der Waals surface area contributed by atoms with Crippen LogP contribution < -0.4 is 10.6 Å². The van der Waals surface area contributed by atoms with Crippen LogP contribution in [0.3, 0.4) is 0 Å². The molecule has 1 heterocycles. The lowest BCUT2D eigenvalue weighted by Gasteiger charge is -2.07. The summed E-state index contributed by atoms with van der Waals surface area (Å²) in [6.07, 6.45) is 5.29. The van der Waals surface area contributed by atoms with Gasteiger partial charge in [0.1, 0.15) is 0 Å².